The highest BCUT2D eigenvalue weighted by molar-refractivity contribution is 6.30. The second-order valence-corrected chi connectivity index (χ2v) is 4.72. The Bertz CT molecular complexity index is 311. The van der Waals surface area contributed by atoms with Gasteiger partial charge in [-0.05, 0) is 46.8 Å². The maximum atomic E-state index is 5.61. The van der Waals surface area contributed by atoms with Gasteiger partial charge in [0.15, 0.2) is 0 Å². The van der Waals surface area contributed by atoms with E-state index in [-0.39, 0.29) is 0 Å². The zero-order chi connectivity index (χ0) is 14.6. The molecule has 0 saturated carbocycles. The van der Waals surface area contributed by atoms with E-state index in [0.29, 0.717) is 0 Å². The minimum Gasteiger partial charge on any atom is -0.0843 e. The average Bonchev–Trinajstić information content (AvgIpc) is 2.34. The van der Waals surface area contributed by atoms with Crippen molar-refractivity contribution < 1.29 is 0 Å². The van der Waals surface area contributed by atoms with Crippen molar-refractivity contribution in [2.24, 2.45) is 0 Å². The molecule has 0 radical (unpaired) electrons. The summed E-state index contributed by atoms with van der Waals surface area (Å²) in [6, 6.07) is 7.75. The minimum absolute atomic E-state index is 0.801. The largest absolute Gasteiger partial charge is 0.0843 e. The summed E-state index contributed by atoms with van der Waals surface area (Å²) in [6.45, 7) is 14.4. The molecule has 0 amide bonds. The second-order valence-electron chi connectivity index (χ2n) is 4.28. The van der Waals surface area contributed by atoms with Crippen molar-refractivity contribution in [3.05, 3.63) is 58.1 Å². The van der Waals surface area contributed by atoms with Crippen LogP contribution in [-0.4, -0.2) is 0 Å². The summed E-state index contributed by atoms with van der Waals surface area (Å²) in [7, 11) is 0. The maximum absolute atomic E-state index is 5.61. The Labute approximate surface area is 118 Å². The third-order valence-corrected chi connectivity index (χ3v) is 2.01. The van der Waals surface area contributed by atoms with Crippen LogP contribution in [0.15, 0.2) is 47.6 Å². The van der Waals surface area contributed by atoms with Crippen molar-refractivity contribution in [1.82, 2.24) is 0 Å². The Morgan fingerprint density at radius 2 is 1.17 bits per heavy atom. The Hall–Kier alpha value is -1.01. The van der Waals surface area contributed by atoms with Crippen LogP contribution in [0.2, 0.25) is 5.02 Å². The van der Waals surface area contributed by atoms with Crippen molar-refractivity contribution in [2.45, 2.75) is 48.5 Å². The van der Waals surface area contributed by atoms with Crippen LogP contribution >= 0.6 is 11.6 Å². The zero-order valence-corrected chi connectivity index (χ0v) is 13.6. The van der Waals surface area contributed by atoms with E-state index >= 15 is 0 Å². The molecule has 0 atom stereocenters. The van der Waals surface area contributed by atoms with Crippen molar-refractivity contribution in [2.75, 3.05) is 0 Å². The minimum atomic E-state index is 0.801. The van der Waals surface area contributed by atoms with Crippen LogP contribution in [0, 0.1) is 6.92 Å². The van der Waals surface area contributed by atoms with E-state index in [2.05, 4.69) is 39.8 Å². The lowest BCUT2D eigenvalue weighted by molar-refractivity contribution is 1.35. The predicted octanol–water partition coefficient (Wildman–Crippen LogP) is 6.59. The second kappa shape index (κ2) is 12.4. The van der Waals surface area contributed by atoms with Crippen LogP contribution in [0.4, 0.5) is 0 Å². The standard InChI is InChI=1S/C8H14.C7H7Cl.C2H6/c1-7(2)5-6-8(3)4;1-6-2-4-7(8)5-3-6;1-2/h5-6H,1-4H3;2-5H,1H3;1-2H3. The molecule has 18 heavy (non-hydrogen) atoms. The van der Waals surface area contributed by atoms with E-state index in [0.717, 1.165) is 5.02 Å². The molecule has 1 aromatic carbocycles. The highest BCUT2D eigenvalue weighted by atomic mass is 35.5. The van der Waals surface area contributed by atoms with Crippen LogP contribution < -0.4 is 0 Å². The van der Waals surface area contributed by atoms with Crippen molar-refractivity contribution >= 4 is 11.6 Å². The van der Waals surface area contributed by atoms with E-state index in [9.17, 15) is 0 Å². The number of halogens is 1. The van der Waals surface area contributed by atoms with Gasteiger partial charge in [-0.3, -0.25) is 0 Å². The zero-order valence-electron chi connectivity index (χ0n) is 12.8. The van der Waals surface area contributed by atoms with Crippen molar-refractivity contribution in [3.8, 4) is 0 Å². The van der Waals surface area contributed by atoms with Gasteiger partial charge in [0.25, 0.3) is 0 Å². The SMILES string of the molecule is CC.CC(C)=CC=C(C)C.Cc1ccc(Cl)cc1. The third kappa shape index (κ3) is 15.0. The fraction of sp³-hybridized carbons (Fsp3) is 0.412. The lowest BCUT2D eigenvalue weighted by atomic mass is 10.2. The van der Waals surface area contributed by atoms with Crippen LogP contribution in [0.3, 0.4) is 0 Å². The molecule has 0 bridgehead atoms. The molecule has 0 N–H and O–H groups in total. The van der Waals surface area contributed by atoms with Gasteiger partial charge in [-0.1, -0.05) is 66.4 Å². The molecular weight excluding hydrogens is 240 g/mol. The number of benzene rings is 1. The van der Waals surface area contributed by atoms with E-state index in [1.54, 1.807) is 0 Å². The topological polar surface area (TPSA) is 0 Å². The molecule has 0 unspecified atom stereocenters. The van der Waals surface area contributed by atoms with Crippen LogP contribution in [0.25, 0.3) is 0 Å². The number of hydrogen-bond donors (Lipinski definition) is 0. The number of aryl methyl sites for hydroxylation is 1. The van der Waals surface area contributed by atoms with E-state index in [4.69, 9.17) is 11.6 Å². The lowest BCUT2D eigenvalue weighted by Crippen LogP contribution is -1.66. The molecule has 1 rings (SSSR count). The average molecular weight is 267 g/mol. The van der Waals surface area contributed by atoms with Crippen LogP contribution in [0.1, 0.15) is 47.1 Å². The summed E-state index contributed by atoms with van der Waals surface area (Å²) >= 11 is 5.61. The van der Waals surface area contributed by atoms with Crippen molar-refractivity contribution in [1.29, 1.82) is 0 Å². The van der Waals surface area contributed by atoms with Crippen LogP contribution in [-0.2, 0) is 0 Å². The highest BCUT2D eigenvalue weighted by Gasteiger charge is 1.81. The molecule has 102 valence electrons. The quantitative estimate of drug-likeness (QED) is 0.503. The summed E-state index contributed by atoms with van der Waals surface area (Å²) in [5.74, 6) is 0. The van der Waals surface area contributed by atoms with Gasteiger partial charge in [-0.25, -0.2) is 0 Å². The molecule has 0 aliphatic carbocycles. The van der Waals surface area contributed by atoms with E-state index in [1.165, 1.54) is 16.7 Å². The fourth-order valence-electron chi connectivity index (χ4n) is 0.867. The number of rotatable bonds is 1. The van der Waals surface area contributed by atoms with Gasteiger partial charge >= 0.3 is 0 Å². The molecule has 0 nitrogen and oxygen atoms in total. The molecule has 1 heteroatoms. The molecule has 0 aliphatic heterocycles. The smallest absolute Gasteiger partial charge is 0.0406 e. The third-order valence-electron chi connectivity index (χ3n) is 1.76. The van der Waals surface area contributed by atoms with Gasteiger partial charge < -0.3 is 0 Å². The number of hydrogen-bond acceptors (Lipinski definition) is 0. The van der Waals surface area contributed by atoms with Gasteiger partial charge in [0, 0.05) is 5.02 Å². The van der Waals surface area contributed by atoms with Gasteiger partial charge in [0.2, 0.25) is 0 Å². The first kappa shape index (κ1) is 19.3. The summed E-state index contributed by atoms with van der Waals surface area (Å²) in [6.07, 6.45) is 4.24. The summed E-state index contributed by atoms with van der Waals surface area (Å²) in [5, 5.41) is 0.801. The Morgan fingerprint density at radius 3 is 1.39 bits per heavy atom. The Kier molecular flexibility index (Phi) is 13.4. The van der Waals surface area contributed by atoms with Gasteiger partial charge in [0.05, 0.1) is 0 Å². The molecule has 0 saturated heterocycles. The molecular formula is C17H27Cl. The summed E-state index contributed by atoms with van der Waals surface area (Å²) < 4.78 is 0. The van der Waals surface area contributed by atoms with Crippen molar-refractivity contribution in [3.63, 3.8) is 0 Å². The van der Waals surface area contributed by atoms with Gasteiger partial charge in [-0.15, -0.1) is 0 Å². The molecule has 1 aromatic rings. The Morgan fingerprint density at radius 1 is 0.833 bits per heavy atom. The van der Waals surface area contributed by atoms with E-state index in [1.807, 2.05) is 45.0 Å². The molecule has 0 spiro atoms. The first-order chi connectivity index (χ1) is 8.41. The fourth-order valence-corrected chi connectivity index (χ4v) is 0.993. The highest BCUT2D eigenvalue weighted by Crippen LogP contribution is 2.07. The van der Waals surface area contributed by atoms with Gasteiger partial charge in [0.1, 0.15) is 0 Å². The molecule has 0 fully saturated rings. The molecule has 0 aromatic heterocycles. The summed E-state index contributed by atoms with van der Waals surface area (Å²) in [4.78, 5) is 0. The predicted molar refractivity (Wildman–Crippen MR) is 86.4 cm³/mol. The van der Waals surface area contributed by atoms with E-state index < -0.39 is 0 Å². The first-order valence-corrected chi connectivity index (χ1v) is 6.80. The lowest BCUT2D eigenvalue weighted by Gasteiger charge is -1.88. The maximum Gasteiger partial charge on any atom is 0.0406 e. The number of allylic oxidation sites excluding steroid dienone is 4. The molecule has 0 heterocycles. The monoisotopic (exact) mass is 266 g/mol. The summed E-state index contributed by atoms with van der Waals surface area (Å²) in [5.41, 5.74) is 3.95. The van der Waals surface area contributed by atoms with Gasteiger partial charge in [-0.2, -0.15) is 0 Å². The molecule has 0 aliphatic rings. The Balaban J connectivity index is 0. The normalized spacial score (nSPS) is 8.00. The van der Waals surface area contributed by atoms with Crippen LogP contribution in [0.5, 0.6) is 0 Å². The first-order valence-electron chi connectivity index (χ1n) is 6.42.